The monoisotopic (exact) mass is 354 g/mol. The zero-order valence-corrected chi connectivity index (χ0v) is 13.2. The Balaban J connectivity index is 2.22. The first-order valence-electron chi connectivity index (χ1n) is 5.95. The Morgan fingerprint density at radius 1 is 1.33 bits per heavy atom. The molecule has 21 heavy (non-hydrogen) atoms. The number of alkyl halides is 3. The van der Waals surface area contributed by atoms with Crippen molar-refractivity contribution in [2.24, 2.45) is 0 Å². The summed E-state index contributed by atoms with van der Waals surface area (Å²) in [6.45, 7) is 0. The van der Waals surface area contributed by atoms with E-state index in [9.17, 15) is 13.2 Å². The summed E-state index contributed by atoms with van der Waals surface area (Å²) in [5, 5.41) is 3.14. The molecule has 1 atom stereocenters. The number of thiazole rings is 1. The van der Waals surface area contributed by atoms with Gasteiger partial charge in [0.05, 0.1) is 0 Å². The Kier molecular flexibility index (Phi) is 5.14. The van der Waals surface area contributed by atoms with Gasteiger partial charge in [0.1, 0.15) is 0 Å². The fourth-order valence-electron chi connectivity index (χ4n) is 1.83. The van der Waals surface area contributed by atoms with Crippen molar-refractivity contribution in [2.45, 2.75) is 18.6 Å². The van der Waals surface area contributed by atoms with E-state index in [2.05, 4.69) is 10.3 Å². The number of benzene rings is 1. The number of aromatic nitrogens is 1. The Bertz CT molecular complexity index is 628. The molecule has 0 aliphatic rings. The molecule has 1 N–H and O–H groups in total. The Morgan fingerprint density at radius 3 is 2.57 bits per heavy atom. The lowest BCUT2D eigenvalue weighted by molar-refractivity contribution is -0.137. The molecule has 0 radical (unpaired) electrons. The third kappa shape index (κ3) is 4.10. The van der Waals surface area contributed by atoms with Crippen LogP contribution in [0.25, 0.3) is 0 Å². The van der Waals surface area contributed by atoms with Gasteiger partial charge in [0.25, 0.3) is 0 Å². The summed E-state index contributed by atoms with van der Waals surface area (Å²) in [6.07, 6.45) is -2.72. The Labute approximate surface area is 133 Å². The van der Waals surface area contributed by atoms with E-state index in [0.717, 1.165) is 5.56 Å². The van der Waals surface area contributed by atoms with Crippen LogP contribution in [-0.4, -0.2) is 12.0 Å². The van der Waals surface area contributed by atoms with Gasteiger partial charge in [-0.15, -0.1) is 11.3 Å². The third-order valence-electron chi connectivity index (χ3n) is 2.90. The minimum Gasteiger partial charge on any atom is -0.312 e. The van der Waals surface area contributed by atoms with E-state index in [1.165, 1.54) is 6.20 Å². The number of nitrogens with one attached hydrogen (secondary N) is 1. The van der Waals surface area contributed by atoms with Crippen molar-refractivity contribution < 1.29 is 13.2 Å². The van der Waals surface area contributed by atoms with E-state index < -0.39 is 11.2 Å². The molecule has 1 aromatic carbocycles. The fraction of sp³-hybridized carbons (Fsp3) is 0.308. The van der Waals surface area contributed by atoms with Crippen molar-refractivity contribution >= 4 is 34.5 Å². The van der Waals surface area contributed by atoms with Gasteiger partial charge >= 0.3 is 6.18 Å². The minimum absolute atomic E-state index is 0.294. The summed E-state index contributed by atoms with van der Waals surface area (Å²) < 4.78 is 37.8. The molecule has 0 amide bonds. The van der Waals surface area contributed by atoms with Gasteiger partial charge in [-0.2, -0.15) is 13.2 Å². The van der Waals surface area contributed by atoms with Crippen LogP contribution in [0.2, 0.25) is 10.0 Å². The molecule has 0 saturated heterocycles. The lowest BCUT2D eigenvalue weighted by Crippen LogP contribution is -2.17. The zero-order valence-electron chi connectivity index (χ0n) is 10.8. The first kappa shape index (κ1) is 16.5. The van der Waals surface area contributed by atoms with Crippen molar-refractivity contribution in [1.29, 1.82) is 0 Å². The molecule has 1 unspecified atom stereocenters. The molecule has 2 nitrogen and oxygen atoms in total. The van der Waals surface area contributed by atoms with Gasteiger partial charge in [0, 0.05) is 27.2 Å². The molecule has 0 saturated carbocycles. The second-order valence-electron chi connectivity index (χ2n) is 4.35. The van der Waals surface area contributed by atoms with Crippen molar-refractivity contribution in [2.75, 3.05) is 7.05 Å². The maximum Gasteiger partial charge on any atom is 0.443 e. The predicted molar refractivity (Wildman–Crippen MR) is 79.1 cm³/mol. The standard InChI is InChI=1S/C13H11Cl2F3N2S/c1-19-10(4-7-2-3-8(14)5-9(7)15)11-6-20-12(21-11)13(16,17)18/h2-3,5-6,10,19H,4H2,1H3. The van der Waals surface area contributed by atoms with Crippen LogP contribution in [0.3, 0.4) is 0 Å². The molecule has 8 heteroatoms. The number of hydrogen-bond donors (Lipinski definition) is 1. The van der Waals surface area contributed by atoms with Gasteiger partial charge in [-0.25, -0.2) is 4.98 Å². The smallest absolute Gasteiger partial charge is 0.312 e. The van der Waals surface area contributed by atoms with E-state index in [-0.39, 0.29) is 6.04 Å². The van der Waals surface area contributed by atoms with Gasteiger partial charge in [-0.3, -0.25) is 0 Å². The molecule has 0 aliphatic heterocycles. The average Bonchev–Trinajstić information content (AvgIpc) is 2.87. The highest BCUT2D eigenvalue weighted by molar-refractivity contribution is 7.11. The highest BCUT2D eigenvalue weighted by atomic mass is 35.5. The van der Waals surface area contributed by atoms with Crippen LogP contribution in [-0.2, 0) is 12.6 Å². The average molecular weight is 355 g/mol. The summed E-state index contributed by atoms with van der Waals surface area (Å²) in [7, 11) is 1.68. The van der Waals surface area contributed by atoms with Crippen LogP contribution < -0.4 is 5.32 Å². The second kappa shape index (κ2) is 6.52. The normalized spacial score (nSPS) is 13.4. The highest BCUT2D eigenvalue weighted by Gasteiger charge is 2.35. The summed E-state index contributed by atoms with van der Waals surface area (Å²) >= 11 is 12.5. The van der Waals surface area contributed by atoms with E-state index in [1.54, 1.807) is 25.2 Å². The largest absolute Gasteiger partial charge is 0.443 e. The van der Waals surface area contributed by atoms with Crippen LogP contribution >= 0.6 is 34.5 Å². The lowest BCUT2D eigenvalue weighted by Gasteiger charge is -2.15. The summed E-state index contributed by atoms with van der Waals surface area (Å²) in [5.41, 5.74) is 0.808. The molecule has 114 valence electrons. The molecule has 1 heterocycles. The topological polar surface area (TPSA) is 24.9 Å². The van der Waals surface area contributed by atoms with Crippen LogP contribution in [0.15, 0.2) is 24.4 Å². The fourth-order valence-corrected chi connectivity index (χ4v) is 3.21. The number of likely N-dealkylation sites (N-methyl/N-ethyl adjacent to an activating group) is 1. The van der Waals surface area contributed by atoms with E-state index >= 15 is 0 Å². The van der Waals surface area contributed by atoms with Crippen molar-refractivity contribution in [1.82, 2.24) is 10.3 Å². The van der Waals surface area contributed by atoms with Gasteiger partial charge in [-0.1, -0.05) is 29.3 Å². The van der Waals surface area contributed by atoms with E-state index in [1.807, 2.05) is 0 Å². The molecule has 2 rings (SSSR count). The van der Waals surface area contributed by atoms with E-state index in [0.29, 0.717) is 32.7 Å². The number of halogens is 5. The zero-order chi connectivity index (χ0) is 15.6. The van der Waals surface area contributed by atoms with Crippen molar-refractivity contribution in [3.63, 3.8) is 0 Å². The highest BCUT2D eigenvalue weighted by Crippen LogP contribution is 2.35. The molecular weight excluding hydrogens is 344 g/mol. The molecule has 0 fully saturated rings. The predicted octanol–water partition coefficient (Wildman–Crippen LogP) is 4.97. The van der Waals surface area contributed by atoms with Crippen LogP contribution in [0, 0.1) is 0 Å². The molecule has 0 bridgehead atoms. The minimum atomic E-state index is -4.42. The number of nitrogens with zero attached hydrogens (tertiary/aromatic N) is 1. The van der Waals surface area contributed by atoms with Crippen molar-refractivity contribution in [3.8, 4) is 0 Å². The third-order valence-corrected chi connectivity index (χ3v) is 4.64. The van der Waals surface area contributed by atoms with Gasteiger partial charge in [0.2, 0.25) is 0 Å². The van der Waals surface area contributed by atoms with Crippen LogP contribution in [0.4, 0.5) is 13.2 Å². The maximum atomic E-state index is 12.6. The molecule has 0 aliphatic carbocycles. The number of rotatable bonds is 4. The van der Waals surface area contributed by atoms with Gasteiger partial charge < -0.3 is 5.32 Å². The van der Waals surface area contributed by atoms with Gasteiger partial charge in [0.15, 0.2) is 5.01 Å². The quantitative estimate of drug-likeness (QED) is 0.838. The summed E-state index contributed by atoms with van der Waals surface area (Å²) in [6, 6.07) is 4.78. The molecular formula is C13H11Cl2F3N2S. The van der Waals surface area contributed by atoms with E-state index in [4.69, 9.17) is 23.2 Å². The van der Waals surface area contributed by atoms with Crippen LogP contribution in [0.1, 0.15) is 21.5 Å². The second-order valence-corrected chi connectivity index (χ2v) is 6.25. The maximum absolute atomic E-state index is 12.6. The molecule has 0 spiro atoms. The molecule has 1 aromatic heterocycles. The Morgan fingerprint density at radius 2 is 2.05 bits per heavy atom. The first-order chi connectivity index (χ1) is 9.81. The lowest BCUT2D eigenvalue weighted by atomic mass is 10.1. The molecule has 2 aromatic rings. The van der Waals surface area contributed by atoms with Crippen molar-refractivity contribution in [3.05, 3.63) is 49.9 Å². The van der Waals surface area contributed by atoms with Crippen LogP contribution in [0.5, 0.6) is 0 Å². The SMILES string of the molecule is CNC(Cc1ccc(Cl)cc1Cl)c1cnc(C(F)(F)F)s1. The Hall–Kier alpha value is -0.820. The number of hydrogen-bond acceptors (Lipinski definition) is 3. The first-order valence-corrected chi connectivity index (χ1v) is 7.52. The summed E-state index contributed by atoms with van der Waals surface area (Å²) in [5.74, 6) is 0. The van der Waals surface area contributed by atoms with Gasteiger partial charge in [-0.05, 0) is 31.2 Å². The summed E-state index contributed by atoms with van der Waals surface area (Å²) in [4.78, 5) is 3.94.